The van der Waals surface area contributed by atoms with Crippen LogP contribution in [0.2, 0.25) is 0 Å². The molecule has 1 aliphatic heterocycles. The van der Waals surface area contributed by atoms with Crippen LogP contribution in [0.5, 0.6) is 0 Å². The number of rotatable bonds is 5. The molecule has 3 rings (SSSR count). The second-order valence-electron chi connectivity index (χ2n) is 5.79. The van der Waals surface area contributed by atoms with Gasteiger partial charge in [0.2, 0.25) is 11.6 Å². The molecule has 0 unspecified atom stereocenters. The van der Waals surface area contributed by atoms with Gasteiger partial charge < -0.3 is 10.2 Å². The molecule has 1 fully saturated rings. The number of hydrogen-bond donors (Lipinski definition) is 1. The Morgan fingerprint density at radius 3 is 2.76 bits per heavy atom. The third-order valence-corrected chi connectivity index (χ3v) is 4.59. The third kappa shape index (κ3) is 4.04. The van der Waals surface area contributed by atoms with E-state index in [1.54, 1.807) is 12.1 Å². The Morgan fingerprint density at radius 2 is 2.04 bits per heavy atom. The van der Waals surface area contributed by atoms with Crippen molar-refractivity contribution < 1.29 is 9.31 Å². The highest BCUT2D eigenvalue weighted by Crippen LogP contribution is 2.33. The topological polar surface area (TPSA) is 84.2 Å². The fourth-order valence-corrected chi connectivity index (χ4v) is 3.27. The van der Waals surface area contributed by atoms with Crippen molar-refractivity contribution in [2.24, 2.45) is 0 Å². The minimum Gasteiger partial charge on any atom is -0.360 e. The monoisotopic (exact) mass is 409 g/mol. The van der Waals surface area contributed by atoms with E-state index in [4.69, 9.17) is 0 Å². The maximum atomic E-state index is 13.9. The van der Waals surface area contributed by atoms with E-state index in [9.17, 15) is 14.5 Å². The molecule has 9 heteroatoms. The Hall–Kier alpha value is -2.29. The first kappa shape index (κ1) is 17.5. The Bertz CT molecular complexity index is 783. The lowest BCUT2D eigenvalue weighted by atomic mass is 10.1. The highest BCUT2D eigenvalue weighted by Gasteiger charge is 2.27. The minimum absolute atomic E-state index is 0.0859. The molecule has 0 bridgehead atoms. The van der Waals surface area contributed by atoms with Gasteiger partial charge in [0.25, 0.3) is 0 Å². The van der Waals surface area contributed by atoms with Gasteiger partial charge in [0, 0.05) is 29.7 Å². The maximum Gasteiger partial charge on any atom is 0.353 e. The molecule has 1 N–H and O–H groups in total. The average Bonchev–Trinajstić information content (AvgIpc) is 2.62. The molecule has 7 nitrogen and oxygen atoms in total. The van der Waals surface area contributed by atoms with E-state index >= 15 is 0 Å². The summed E-state index contributed by atoms with van der Waals surface area (Å²) >= 11 is 3.29. The minimum atomic E-state index is -0.483. The number of halogens is 2. The Morgan fingerprint density at radius 1 is 1.28 bits per heavy atom. The number of nitro groups is 1. The normalized spacial score (nSPS) is 14.4. The summed E-state index contributed by atoms with van der Waals surface area (Å²) in [5.41, 5.74) is 0.224. The summed E-state index contributed by atoms with van der Waals surface area (Å²) in [7, 11) is 0. The second-order valence-corrected chi connectivity index (χ2v) is 6.70. The van der Waals surface area contributed by atoms with Crippen LogP contribution in [0.25, 0.3) is 0 Å². The third-order valence-electron chi connectivity index (χ3n) is 4.10. The van der Waals surface area contributed by atoms with Crippen molar-refractivity contribution in [1.29, 1.82) is 0 Å². The summed E-state index contributed by atoms with van der Waals surface area (Å²) in [4.78, 5) is 21.1. The standard InChI is InChI=1S/C16H17BrFN5O2/c17-12-4-5-13(18)11(8-12)9-19-15-14(23(24)25)16(21-10-20-15)22-6-2-1-3-7-22/h4-5,8,10H,1-3,6-7,9H2,(H,19,20,21). The van der Waals surface area contributed by atoms with Crippen LogP contribution in [0.4, 0.5) is 21.7 Å². The Balaban J connectivity index is 1.87. The van der Waals surface area contributed by atoms with Crippen molar-refractivity contribution >= 4 is 33.3 Å². The number of aromatic nitrogens is 2. The van der Waals surface area contributed by atoms with E-state index in [-0.39, 0.29) is 23.9 Å². The van der Waals surface area contributed by atoms with Gasteiger partial charge in [-0.05, 0) is 37.5 Å². The van der Waals surface area contributed by atoms with E-state index in [0.29, 0.717) is 11.4 Å². The Labute approximate surface area is 152 Å². The van der Waals surface area contributed by atoms with Gasteiger partial charge in [-0.25, -0.2) is 14.4 Å². The number of hydrogen-bond acceptors (Lipinski definition) is 6. The number of anilines is 2. The molecular weight excluding hydrogens is 393 g/mol. The van der Waals surface area contributed by atoms with Crippen LogP contribution in [-0.4, -0.2) is 28.0 Å². The quantitative estimate of drug-likeness (QED) is 0.595. The molecule has 1 aromatic carbocycles. The Kier molecular flexibility index (Phi) is 5.42. The van der Waals surface area contributed by atoms with Gasteiger partial charge in [-0.15, -0.1) is 0 Å². The predicted molar refractivity (Wildman–Crippen MR) is 96.2 cm³/mol. The number of piperidine rings is 1. The van der Waals surface area contributed by atoms with Crippen LogP contribution in [-0.2, 0) is 6.54 Å². The number of nitrogens with one attached hydrogen (secondary N) is 1. The molecule has 0 amide bonds. The molecule has 132 valence electrons. The number of benzene rings is 1. The first-order valence-electron chi connectivity index (χ1n) is 7.98. The molecule has 1 saturated heterocycles. The van der Waals surface area contributed by atoms with Crippen LogP contribution >= 0.6 is 15.9 Å². The lowest BCUT2D eigenvalue weighted by Gasteiger charge is -2.27. The van der Waals surface area contributed by atoms with Crippen LogP contribution in [0, 0.1) is 15.9 Å². The predicted octanol–water partition coefficient (Wildman–Crippen LogP) is 3.89. The SMILES string of the molecule is O=[N+]([O-])c1c(NCc2cc(Br)ccc2F)ncnc1N1CCCCC1. The van der Waals surface area contributed by atoms with E-state index < -0.39 is 4.92 Å². The molecule has 0 spiro atoms. The largest absolute Gasteiger partial charge is 0.360 e. The molecule has 2 heterocycles. The van der Waals surface area contributed by atoms with E-state index in [1.165, 1.54) is 12.4 Å². The fraction of sp³-hybridized carbons (Fsp3) is 0.375. The smallest absolute Gasteiger partial charge is 0.353 e. The zero-order chi connectivity index (χ0) is 17.8. The second kappa shape index (κ2) is 7.73. The molecule has 25 heavy (non-hydrogen) atoms. The molecule has 0 radical (unpaired) electrons. The van der Waals surface area contributed by atoms with E-state index in [1.807, 2.05) is 4.90 Å². The van der Waals surface area contributed by atoms with Crippen molar-refractivity contribution in [2.75, 3.05) is 23.3 Å². The summed E-state index contributed by atoms with van der Waals surface area (Å²) in [5.74, 6) is 0.0283. The highest BCUT2D eigenvalue weighted by molar-refractivity contribution is 9.10. The maximum absolute atomic E-state index is 13.9. The average molecular weight is 410 g/mol. The molecule has 0 atom stereocenters. The van der Waals surface area contributed by atoms with E-state index in [0.717, 1.165) is 36.8 Å². The van der Waals surface area contributed by atoms with Crippen LogP contribution in [0.15, 0.2) is 29.0 Å². The van der Waals surface area contributed by atoms with Crippen LogP contribution in [0.1, 0.15) is 24.8 Å². The van der Waals surface area contributed by atoms with Crippen molar-refractivity contribution in [2.45, 2.75) is 25.8 Å². The zero-order valence-electron chi connectivity index (χ0n) is 13.4. The summed E-state index contributed by atoms with van der Waals surface area (Å²) in [5, 5.41) is 14.5. The van der Waals surface area contributed by atoms with Gasteiger partial charge in [0.1, 0.15) is 12.1 Å². The summed E-state index contributed by atoms with van der Waals surface area (Å²) in [6.07, 6.45) is 4.37. The summed E-state index contributed by atoms with van der Waals surface area (Å²) in [6, 6.07) is 4.57. The summed E-state index contributed by atoms with van der Waals surface area (Å²) in [6.45, 7) is 1.55. The lowest BCUT2D eigenvalue weighted by molar-refractivity contribution is -0.383. The van der Waals surface area contributed by atoms with Gasteiger partial charge >= 0.3 is 5.69 Å². The summed E-state index contributed by atoms with van der Waals surface area (Å²) < 4.78 is 14.6. The molecule has 0 saturated carbocycles. The van der Waals surface area contributed by atoms with Crippen molar-refractivity contribution in [3.63, 3.8) is 0 Å². The molecule has 1 aromatic heterocycles. The van der Waals surface area contributed by atoms with Crippen molar-refractivity contribution in [3.8, 4) is 0 Å². The van der Waals surface area contributed by atoms with Crippen molar-refractivity contribution in [3.05, 3.63) is 50.5 Å². The van der Waals surface area contributed by atoms with E-state index in [2.05, 4.69) is 31.2 Å². The van der Waals surface area contributed by atoms with Crippen LogP contribution < -0.4 is 10.2 Å². The lowest BCUT2D eigenvalue weighted by Crippen LogP contribution is -2.31. The van der Waals surface area contributed by atoms with Gasteiger partial charge in [-0.2, -0.15) is 0 Å². The molecular formula is C16H17BrFN5O2. The highest BCUT2D eigenvalue weighted by atomic mass is 79.9. The number of nitrogens with zero attached hydrogens (tertiary/aromatic N) is 4. The van der Waals surface area contributed by atoms with Crippen molar-refractivity contribution in [1.82, 2.24) is 9.97 Å². The molecule has 0 aliphatic carbocycles. The van der Waals surface area contributed by atoms with Gasteiger partial charge in [0.15, 0.2) is 0 Å². The molecule has 1 aliphatic rings. The van der Waals surface area contributed by atoms with Crippen LogP contribution in [0.3, 0.4) is 0 Å². The van der Waals surface area contributed by atoms with Gasteiger partial charge in [-0.1, -0.05) is 15.9 Å². The van der Waals surface area contributed by atoms with Gasteiger partial charge in [0.05, 0.1) is 4.92 Å². The zero-order valence-corrected chi connectivity index (χ0v) is 15.0. The van der Waals surface area contributed by atoms with Gasteiger partial charge in [-0.3, -0.25) is 10.1 Å². The first-order valence-corrected chi connectivity index (χ1v) is 8.77. The first-order chi connectivity index (χ1) is 12.1. The fourth-order valence-electron chi connectivity index (χ4n) is 2.86. The molecule has 2 aromatic rings.